The number of carboxylic acid groups (broad SMARTS) is 1. The van der Waals surface area contributed by atoms with Gasteiger partial charge in [0.25, 0.3) is 0 Å². The molecule has 36 heavy (non-hydrogen) atoms. The maximum Gasteiger partial charge on any atom is 0.326 e. The van der Waals surface area contributed by atoms with Gasteiger partial charge in [0.05, 0.1) is 6.04 Å². The molecule has 0 saturated carbocycles. The van der Waals surface area contributed by atoms with Crippen molar-refractivity contribution in [1.29, 1.82) is 0 Å². The number of nitrogens with one attached hydrogen (secondary N) is 2. The number of rotatable bonds is 14. The van der Waals surface area contributed by atoms with E-state index in [2.05, 4.69) is 10.6 Å². The maximum absolute atomic E-state index is 13.5. The SMILES string of the molecule is CCC(C)C(N)C(=O)NC(CCCCN)C(=O)N1CCCC1C(=O)NC(Cc1ccccc1)C(=O)O. The minimum atomic E-state index is -1.14. The largest absolute Gasteiger partial charge is 0.480 e. The summed E-state index contributed by atoms with van der Waals surface area (Å²) in [5.41, 5.74) is 12.5. The number of hydrogen-bond acceptors (Lipinski definition) is 6. The molecule has 2 rings (SSSR count). The third-order valence-corrected chi connectivity index (χ3v) is 6.86. The van der Waals surface area contributed by atoms with E-state index < -0.39 is 42.0 Å². The molecule has 0 aliphatic carbocycles. The highest BCUT2D eigenvalue weighted by molar-refractivity contribution is 5.94. The number of carbonyl (C=O) groups excluding carboxylic acids is 3. The minimum absolute atomic E-state index is 0.0485. The summed E-state index contributed by atoms with van der Waals surface area (Å²) in [4.78, 5) is 52.6. The summed E-state index contributed by atoms with van der Waals surface area (Å²) in [6.07, 6.45) is 3.60. The number of likely N-dealkylation sites (tertiary alicyclic amines) is 1. The highest BCUT2D eigenvalue weighted by atomic mass is 16.4. The van der Waals surface area contributed by atoms with Crippen molar-refractivity contribution in [2.45, 2.75) is 83.0 Å². The molecular weight excluding hydrogens is 462 g/mol. The molecule has 1 aromatic carbocycles. The van der Waals surface area contributed by atoms with Crippen LogP contribution in [0.2, 0.25) is 0 Å². The standard InChI is InChI=1S/C26H41N5O5/c1-3-17(2)22(28)24(33)29-19(12-7-8-14-27)25(34)31-15-9-13-21(31)23(32)30-20(26(35)36)16-18-10-5-4-6-11-18/h4-6,10-11,17,19-22H,3,7-9,12-16,27-28H2,1-2H3,(H,29,33)(H,30,32)(H,35,36). The fraction of sp³-hybridized carbons (Fsp3) is 0.615. The van der Waals surface area contributed by atoms with Gasteiger partial charge in [-0.25, -0.2) is 4.79 Å². The summed E-state index contributed by atoms with van der Waals surface area (Å²) in [5.74, 6) is -2.46. The van der Waals surface area contributed by atoms with Crippen LogP contribution in [0.15, 0.2) is 30.3 Å². The van der Waals surface area contributed by atoms with E-state index in [-0.39, 0.29) is 18.2 Å². The van der Waals surface area contributed by atoms with Crippen molar-refractivity contribution in [1.82, 2.24) is 15.5 Å². The van der Waals surface area contributed by atoms with Crippen molar-refractivity contribution in [2.24, 2.45) is 17.4 Å². The van der Waals surface area contributed by atoms with Crippen LogP contribution in [-0.4, -0.2) is 71.0 Å². The van der Waals surface area contributed by atoms with Gasteiger partial charge < -0.3 is 32.1 Å². The number of unbranched alkanes of at least 4 members (excludes halogenated alkanes) is 1. The summed E-state index contributed by atoms with van der Waals surface area (Å²) >= 11 is 0. The number of hydrogen-bond donors (Lipinski definition) is 5. The van der Waals surface area contributed by atoms with Crippen LogP contribution in [-0.2, 0) is 25.6 Å². The third-order valence-electron chi connectivity index (χ3n) is 6.86. The Bertz CT molecular complexity index is 881. The molecule has 7 N–H and O–H groups in total. The molecule has 0 spiro atoms. The van der Waals surface area contributed by atoms with E-state index in [1.54, 1.807) is 24.3 Å². The Morgan fingerprint density at radius 3 is 2.42 bits per heavy atom. The van der Waals surface area contributed by atoms with Crippen molar-refractivity contribution < 1.29 is 24.3 Å². The summed E-state index contributed by atoms with van der Waals surface area (Å²) < 4.78 is 0. The Morgan fingerprint density at radius 2 is 1.81 bits per heavy atom. The van der Waals surface area contributed by atoms with Gasteiger partial charge in [-0.3, -0.25) is 14.4 Å². The summed E-state index contributed by atoms with van der Waals surface area (Å²) in [7, 11) is 0. The van der Waals surface area contributed by atoms with Gasteiger partial charge in [-0.05, 0) is 50.1 Å². The normalized spacial score (nSPS) is 18.7. The number of benzene rings is 1. The lowest BCUT2D eigenvalue weighted by atomic mass is 9.98. The molecule has 10 heteroatoms. The Kier molecular flexibility index (Phi) is 11.8. The molecule has 10 nitrogen and oxygen atoms in total. The average molecular weight is 504 g/mol. The van der Waals surface area contributed by atoms with Crippen molar-refractivity contribution in [3.8, 4) is 0 Å². The predicted octanol–water partition coefficient (Wildman–Crippen LogP) is 0.777. The van der Waals surface area contributed by atoms with Gasteiger partial charge in [-0.2, -0.15) is 0 Å². The van der Waals surface area contributed by atoms with Crippen LogP contribution in [0.5, 0.6) is 0 Å². The molecule has 1 saturated heterocycles. The lowest BCUT2D eigenvalue weighted by molar-refractivity contribution is -0.145. The van der Waals surface area contributed by atoms with E-state index in [1.807, 2.05) is 19.9 Å². The van der Waals surface area contributed by atoms with Gasteiger partial charge in [-0.1, -0.05) is 50.6 Å². The third kappa shape index (κ3) is 8.30. The quantitative estimate of drug-likeness (QED) is 0.234. The fourth-order valence-corrected chi connectivity index (χ4v) is 4.35. The van der Waals surface area contributed by atoms with Gasteiger partial charge in [0.1, 0.15) is 18.1 Å². The fourth-order valence-electron chi connectivity index (χ4n) is 4.35. The second kappa shape index (κ2) is 14.5. The first-order valence-corrected chi connectivity index (χ1v) is 12.8. The van der Waals surface area contributed by atoms with Crippen LogP contribution in [0.3, 0.4) is 0 Å². The molecule has 200 valence electrons. The molecule has 1 aromatic rings. The topological polar surface area (TPSA) is 168 Å². The molecule has 0 aromatic heterocycles. The Balaban J connectivity index is 2.12. The Hall–Kier alpha value is -2.98. The van der Waals surface area contributed by atoms with Crippen molar-refractivity contribution >= 4 is 23.7 Å². The van der Waals surface area contributed by atoms with Crippen LogP contribution in [0.1, 0.15) is 57.9 Å². The second-order valence-electron chi connectivity index (χ2n) is 9.54. The van der Waals surface area contributed by atoms with E-state index in [9.17, 15) is 24.3 Å². The Morgan fingerprint density at radius 1 is 1.11 bits per heavy atom. The van der Waals surface area contributed by atoms with E-state index >= 15 is 0 Å². The molecule has 1 heterocycles. The zero-order valence-corrected chi connectivity index (χ0v) is 21.3. The van der Waals surface area contributed by atoms with Gasteiger partial charge in [0.15, 0.2) is 0 Å². The van der Waals surface area contributed by atoms with Gasteiger partial charge in [0.2, 0.25) is 17.7 Å². The number of amides is 3. The number of carbonyl (C=O) groups is 4. The van der Waals surface area contributed by atoms with Gasteiger partial charge >= 0.3 is 5.97 Å². The van der Waals surface area contributed by atoms with Crippen LogP contribution in [0.25, 0.3) is 0 Å². The number of nitrogens with zero attached hydrogens (tertiary/aromatic N) is 1. The first-order chi connectivity index (χ1) is 17.2. The molecule has 5 unspecified atom stereocenters. The summed E-state index contributed by atoms with van der Waals surface area (Å²) in [6, 6.07) is 5.55. The lowest BCUT2D eigenvalue weighted by Gasteiger charge is -2.30. The average Bonchev–Trinajstić information content (AvgIpc) is 3.37. The molecule has 5 atom stereocenters. The molecule has 3 amide bonds. The van der Waals surface area contributed by atoms with E-state index in [1.165, 1.54) is 4.90 Å². The molecule has 1 aliphatic heterocycles. The van der Waals surface area contributed by atoms with Crippen LogP contribution >= 0.6 is 0 Å². The van der Waals surface area contributed by atoms with Crippen molar-refractivity contribution in [3.63, 3.8) is 0 Å². The smallest absolute Gasteiger partial charge is 0.326 e. The highest BCUT2D eigenvalue weighted by Gasteiger charge is 2.39. The Labute approximate surface area is 213 Å². The molecule has 0 bridgehead atoms. The second-order valence-corrected chi connectivity index (χ2v) is 9.54. The van der Waals surface area contributed by atoms with Gasteiger partial charge in [0, 0.05) is 13.0 Å². The molecule has 0 radical (unpaired) electrons. The molecular formula is C26H41N5O5. The summed E-state index contributed by atoms with van der Waals surface area (Å²) in [6.45, 7) is 4.64. The van der Waals surface area contributed by atoms with E-state index in [0.29, 0.717) is 45.2 Å². The maximum atomic E-state index is 13.5. The first kappa shape index (κ1) is 29.3. The predicted molar refractivity (Wildman–Crippen MR) is 137 cm³/mol. The first-order valence-electron chi connectivity index (χ1n) is 12.8. The number of carboxylic acids is 1. The zero-order chi connectivity index (χ0) is 26.7. The van der Waals surface area contributed by atoms with Crippen LogP contribution in [0, 0.1) is 5.92 Å². The van der Waals surface area contributed by atoms with E-state index in [0.717, 1.165) is 12.0 Å². The summed E-state index contributed by atoms with van der Waals surface area (Å²) in [5, 5.41) is 15.1. The highest BCUT2D eigenvalue weighted by Crippen LogP contribution is 2.21. The molecule has 1 aliphatic rings. The van der Waals surface area contributed by atoms with Gasteiger partial charge in [-0.15, -0.1) is 0 Å². The zero-order valence-electron chi connectivity index (χ0n) is 21.3. The molecule has 1 fully saturated rings. The number of nitrogens with two attached hydrogens (primary N) is 2. The van der Waals surface area contributed by atoms with Crippen LogP contribution < -0.4 is 22.1 Å². The number of aliphatic carboxylic acids is 1. The minimum Gasteiger partial charge on any atom is -0.480 e. The van der Waals surface area contributed by atoms with Crippen LogP contribution in [0.4, 0.5) is 0 Å². The van der Waals surface area contributed by atoms with Crippen molar-refractivity contribution in [3.05, 3.63) is 35.9 Å². The lowest BCUT2D eigenvalue weighted by Crippen LogP contribution is -2.57. The van der Waals surface area contributed by atoms with Crippen molar-refractivity contribution in [2.75, 3.05) is 13.1 Å². The van der Waals surface area contributed by atoms with E-state index in [4.69, 9.17) is 11.5 Å². The monoisotopic (exact) mass is 503 g/mol.